The van der Waals surface area contributed by atoms with Crippen LogP contribution in [-0.4, -0.2) is 14.3 Å². The topological polar surface area (TPSA) is 35.5 Å². The summed E-state index contributed by atoms with van der Waals surface area (Å²) in [6.07, 6.45) is 1.73. The molecular weight excluding hydrogens is 376 g/mol. The van der Waals surface area contributed by atoms with E-state index in [2.05, 4.69) is 33.9 Å². The molecule has 0 fully saturated rings. The Morgan fingerprint density at radius 2 is 1.63 bits per heavy atom. The van der Waals surface area contributed by atoms with Crippen LogP contribution in [0.5, 0.6) is 0 Å². The second-order valence-electron chi connectivity index (χ2n) is 7.98. The lowest BCUT2D eigenvalue weighted by atomic mass is 10.2. The number of hydrogen-bond donors (Lipinski definition) is 0. The largest absolute Gasteiger partial charge is 0.539 e. The molecule has 5 heteroatoms. The molecule has 2 rings (SSSR count). The van der Waals surface area contributed by atoms with Gasteiger partial charge in [-0.1, -0.05) is 74.8 Å². The van der Waals surface area contributed by atoms with Crippen LogP contribution in [0.2, 0.25) is 23.2 Å². The Kier molecular flexibility index (Phi) is 6.90. The van der Waals surface area contributed by atoms with Gasteiger partial charge in [-0.15, -0.1) is 0 Å². The monoisotopic (exact) mass is 402 g/mol. The molecule has 0 aliphatic rings. The van der Waals surface area contributed by atoms with Crippen molar-refractivity contribution >= 4 is 32.0 Å². The third kappa shape index (κ3) is 6.26. The lowest BCUT2D eigenvalue weighted by Gasteiger charge is -2.36. The van der Waals surface area contributed by atoms with E-state index in [9.17, 15) is 4.79 Å². The van der Waals surface area contributed by atoms with Crippen molar-refractivity contribution in [3.8, 4) is 0 Å². The molecule has 0 unspecified atom stereocenters. The zero-order valence-corrected chi connectivity index (χ0v) is 18.3. The second kappa shape index (κ2) is 8.76. The Bertz CT molecular complexity index is 791. The molecule has 0 bridgehead atoms. The van der Waals surface area contributed by atoms with Crippen molar-refractivity contribution in [2.45, 2.75) is 45.5 Å². The zero-order chi connectivity index (χ0) is 20.1. The van der Waals surface area contributed by atoms with Crippen LogP contribution in [0.25, 0.3) is 6.08 Å². The quantitative estimate of drug-likeness (QED) is 0.241. The standard InChI is InChI=1S/C22H27ClO3Si/c1-22(2,3)27(4,5)26-20(15-17-11-13-19(23)14-12-17)21(24)25-16-18-9-7-6-8-10-18/h6-15H,16H2,1-5H3/b20-15-. The molecule has 0 N–H and O–H groups in total. The van der Waals surface area contributed by atoms with Crippen LogP contribution in [0.4, 0.5) is 0 Å². The number of carbonyl (C=O) groups excluding carboxylic acids is 1. The molecule has 2 aromatic rings. The Labute approximate surface area is 168 Å². The average Bonchev–Trinajstić information content (AvgIpc) is 2.60. The maximum Gasteiger partial charge on any atom is 0.372 e. The lowest BCUT2D eigenvalue weighted by molar-refractivity contribution is -0.142. The minimum Gasteiger partial charge on any atom is -0.539 e. The van der Waals surface area contributed by atoms with Crippen molar-refractivity contribution < 1.29 is 14.0 Å². The summed E-state index contributed by atoms with van der Waals surface area (Å²) in [6, 6.07) is 16.9. The van der Waals surface area contributed by atoms with Gasteiger partial charge in [0.15, 0.2) is 5.76 Å². The van der Waals surface area contributed by atoms with Crippen LogP contribution in [0.1, 0.15) is 31.9 Å². The minimum absolute atomic E-state index is 0.0359. The molecule has 0 amide bonds. The summed E-state index contributed by atoms with van der Waals surface area (Å²) in [5.74, 6) is -0.224. The molecule has 0 saturated heterocycles. The van der Waals surface area contributed by atoms with Crippen LogP contribution >= 0.6 is 11.6 Å². The van der Waals surface area contributed by atoms with Crippen LogP contribution in [0.15, 0.2) is 60.4 Å². The number of hydrogen-bond acceptors (Lipinski definition) is 3. The van der Waals surface area contributed by atoms with Crippen LogP contribution in [-0.2, 0) is 20.6 Å². The summed E-state index contributed by atoms with van der Waals surface area (Å²) < 4.78 is 11.8. The average molecular weight is 403 g/mol. The van der Waals surface area contributed by atoms with Gasteiger partial charge in [0.2, 0.25) is 0 Å². The van der Waals surface area contributed by atoms with Crippen molar-refractivity contribution in [2.24, 2.45) is 0 Å². The highest BCUT2D eigenvalue weighted by Gasteiger charge is 2.40. The van der Waals surface area contributed by atoms with Gasteiger partial charge in [-0.2, -0.15) is 0 Å². The third-order valence-electron chi connectivity index (χ3n) is 4.75. The van der Waals surface area contributed by atoms with Gasteiger partial charge in [0, 0.05) is 5.02 Å². The fourth-order valence-electron chi connectivity index (χ4n) is 2.06. The van der Waals surface area contributed by atoms with Gasteiger partial charge in [0.25, 0.3) is 8.32 Å². The molecule has 0 aliphatic carbocycles. The molecular formula is C22H27ClO3Si. The van der Waals surface area contributed by atoms with Crippen molar-refractivity contribution in [3.63, 3.8) is 0 Å². The van der Waals surface area contributed by atoms with Crippen molar-refractivity contribution in [1.29, 1.82) is 0 Å². The van der Waals surface area contributed by atoms with Crippen molar-refractivity contribution in [3.05, 3.63) is 76.5 Å². The second-order valence-corrected chi connectivity index (χ2v) is 13.1. The molecule has 3 nitrogen and oxygen atoms in total. The molecule has 0 saturated carbocycles. The molecule has 0 atom stereocenters. The molecule has 2 aromatic carbocycles. The highest BCUT2D eigenvalue weighted by Crippen LogP contribution is 2.38. The smallest absolute Gasteiger partial charge is 0.372 e. The summed E-state index contributed by atoms with van der Waals surface area (Å²) >= 11 is 5.96. The summed E-state index contributed by atoms with van der Waals surface area (Å²) in [7, 11) is -2.20. The first-order valence-corrected chi connectivity index (χ1v) is 12.2. The van der Waals surface area contributed by atoms with Gasteiger partial charge < -0.3 is 9.16 Å². The van der Waals surface area contributed by atoms with Crippen LogP contribution < -0.4 is 0 Å². The molecule has 0 spiro atoms. The lowest BCUT2D eigenvalue weighted by Crippen LogP contribution is -2.41. The normalized spacial score (nSPS) is 12.6. The number of halogens is 1. The Morgan fingerprint density at radius 1 is 1.04 bits per heavy atom. The molecule has 0 radical (unpaired) electrons. The fraction of sp³-hybridized carbons (Fsp3) is 0.318. The van der Waals surface area contributed by atoms with E-state index in [-0.39, 0.29) is 17.4 Å². The van der Waals surface area contributed by atoms with E-state index < -0.39 is 14.3 Å². The Hall–Kier alpha value is -2.04. The summed E-state index contributed by atoms with van der Waals surface area (Å²) in [5.41, 5.74) is 1.77. The number of carbonyl (C=O) groups is 1. The fourth-order valence-corrected chi connectivity index (χ4v) is 3.19. The number of ether oxygens (including phenoxy) is 1. The zero-order valence-electron chi connectivity index (χ0n) is 16.6. The number of esters is 1. The maximum absolute atomic E-state index is 12.8. The molecule has 0 aliphatic heterocycles. The van der Waals surface area contributed by atoms with E-state index in [1.165, 1.54) is 0 Å². The first kappa shape index (κ1) is 21.3. The molecule has 27 heavy (non-hydrogen) atoms. The Morgan fingerprint density at radius 3 is 2.19 bits per heavy atom. The van der Waals surface area contributed by atoms with Crippen LogP contribution in [0, 0.1) is 0 Å². The number of benzene rings is 2. The van der Waals surface area contributed by atoms with Gasteiger partial charge in [-0.25, -0.2) is 4.79 Å². The first-order valence-electron chi connectivity index (χ1n) is 8.96. The first-order chi connectivity index (χ1) is 12.6. The predicted molar refractivity (Wildman–Crippen MR) is 114 cm³/mol. The van der Waals surface area contributed by atoms with E-state index >= 15 is 0 Å². The molecule has 0 heterocycles. The van der Waals surface area contributed by atoms with Crippen LogP contribution in [0.3, 0.4) is 0 Å². The molecule has 144 valence electrons. The summed E-state index contributed by atoms with van der Waals surface area (Å²) in [4.78, 5) is 12.8. The highest BCUT2D eigenvalue weighted by atomic mass is 35.5. The van der Waals surface area contributed by atoms with Crippen molar-refractivity contribution in [1.82, 2.24) is 0 Å². The van der Waals surface area contributed by atoms with Gasteiger partial charge in [-0.05, 0) is 47.5 Å². The van der Waals surface area contributed by atoms with Gasteiger partial charge in [0.05, 0.1) is 0 Å². The van der Waals surface area contributed by atoms with Gasteiger partial charge in [-0.3, -0.25) is 0 Å². The third-order valence-corrected chi connectivity index (χ3v) is 9.35. The Balaban J connectivity index is 2.25. The van der Waals surface area contributed by atoms with Crippen molar-refractivity contribution in [2.75, 3.05) is 0 Å². The van der Waals surface area contributed by atoms with E-state index in [1.807, 2.05) is 42.5 Å². The summed E-state index contributed by atoms with van der Waals surface area (Å²) in [5, 5.41) is 0.608. The number of rotatable bonds is 6. The molecule has 0 aromatic heterocycles. The minimum atomic E-state index is -2.20. The van der Waals surface area contributed by atoms with E-state index in [1.54, 1.807) is 18.2 Å². The van der Waals surface area contributed by atoms with E-state index in [4.69, 9.17) is 20.8 Å². The SMILES string of the molecule is CC(C)(C)[Si](C)(C)O/C(=C\c1ccc(Cl)cc1)C(=O)OCc1ccccc1. The predicted octanol–water partition coefficient (Wildman–Crippen LogP) is 6.45. The van der Waals surface area contributed by atoms with E-state index in [0.717, 1.165) is 11.1 Å². The van der Waals surface area contributed by atoms with E-state index in [0.29, 0.717) is 5.02 Å². The summed E-state index contributed by atoms with van der Waals surface area (Å²) in [6.45, 7) is 10.8. The van der Waals surface area contributed by atoms with Gasteiger partial charge >= 0.3 is 5.97 Å². The highest BCUT2D eigenvalue weighted by molar-refractivity contribution is 6.74. The van der Waals surface area contributed by atoms with Gasteiger partial charge in [0.1, 0.15) is 6.61 Å². The maximum atomic E-state index is 12.8.